The van der Waals surface area contributed by atoms with Crippen LogP contribution in [0.2, 0.25) is 5.02 Å². The second-order valence-corrected chi connectivity index (χ2v) is 8.43. The van der Waals surface area contributed by atoms with Gasteiger partial charge in [0.2, 0.25) is 5.91 Å². The molecule has 1 spiro atoms. The SMILES string of the molecule is O=C(CN1CC2(CCOCC2)Oc2ccc(Cl)cc2C1=O)N1CCCCCC1. The molecule has 0 atom stereocenters. The van der Waals surface area contributed by atoms with Crippen molar-refractivity contribution in [3.05, 3.63) is 28.8 Å². The van der Waals surface area contributed by atoms with Crippen molar-refractivity contribution in [2.75, 3.05) is 39.4 Å². The lowest BCUT2D eigenvalue weighted by atomic mass is 9.93. The second kappa shape index (κ2) is 8.29. The Balaban J connectivity index is 1.60. The van der Waals surface area contributed by atoms with Crippen LogP contribution in [0.1, 0.15) is 48.9 Å². The minimum absolute atomic E-state index is 0.0166. The predicted octanol–water partition coefficient (Wildman–Crippen LogP) is 3.13. The number of likely N-dealkylation sites (tertiary alicyclic amines) is 1. The van der Waals surface area contributed by atoms with Crippen molar-refractivity contribution < 1.29 is 19.1 Å². The highest BCUT2D eigenvalue weighted by Crippen LogP contribution is 2.36. The maximum Gasteiger partial charge on any atom is 0.258 e. The summed E-state index contributed by atoms with van der Waals surface area (Å²) < 4.78 is 11.9. The molecule has 0 aromatic heterocycles. The maximum atomic E-state index is 13.3. The standard InChI is InChI=1S/C21H27ClN2O4/c22-16-5-6-18-17(13-16)20(26)24(15-21(28-18)7-11-27-12-8-21)14-19(25)23-9-3-1-2-4-10-23/h5-6,13H,1-4,7-12,14-15H2. The Morgan fingerprint density at radius 2 is 1.82 bits per heavy atom. The molecule has 28 heavy (non-hydrogen) atoms. The number of benzene rings is 1. The van der Waals surface area contributed by atoms with Crippen LogP contribution >= 0.6 is 11.6 Å². The van der Waals surface area contributed by atoms with E-state index in [1.165, 1.54) is 0 Å². The first kappa shape index (κ1) is 19.5. The van der Waals surface area contributed by atoms with Crippen molar-refractivity contribution in [1.82, 2.24) is 9.80 Å². The number of hydrogen-bond donors (Lipinski definition) is 0. The lowest BCUT2D eigenvalue weighted by Crippen LogP contribution is -2.53. The number of fused-ring (bicyclic) bond motifs is 1. The van der Waals surface area contributed by atoms with Gasteiger partial charge < -0.3 is 19.3 Å². The van der Waals surface area contributed by atoms with Crippen molar-refractivity contribution >= 4 is 23.4 Å². The Hall–Kier alpha value is -1.79. The van der Waals surface area contributed by atoms with Gasteiger partial charge in [0.25, 0.3) is 5.91 Å². The smallest absolute Gasteiger partial charge is 0.258 e. The molecule has 152 valence electrons. The summed E-state index contributed by atoms with van der Waals surface area (Å²) in [5.41, 5.74) is -0.0916. The second-order valence-electron chi connectivity index (χ2n) is 7.99. The molecule has 1 aromatic rings. The first-order valence-corrected chi connectivity index (χ1v) is 10.6. The van der Waals surface area contributed by atoms with Crippen molar-refractivity contribution in [1.29, 1.82) is 0 Å². The van der Waals surface area contributed by atoms with Gasteiger partial charge in [-0.1, -0.05) is 24.4 Å². The molecule has 2 fully saturated rings. The van der Waals surface area contributed by atoms with Crippen LogP contribution < -0.4 is 4.74 Å². The Bertz CT molecular complexity index is 740. The van der Waals surface area contributed by atoms with E-state index in [1.54, 1.807) is 23.1 Å². The summed E-state index contributed by atoms with van der Waals surface area (Å²) in [6.45, 7) is 3.20. The van der Waals surface area contributed by atoms with E-state index >= 15 is 0 Å². The highest BCUT2D eigenvalue weighted by atomic mass is 35.5. The van der Waals surface area contributed by atoms with Crippen LogP contribution in [0.5, 0.6) is 5.75 Å². The number of carbonyl (C=O) groups excluding carboxylic acids is 2. The molecule has 1 aromatic carbocycles. The summed E-state index contributed by atoms with van der Waals surface area (Å²) in [4.78, 5) is 29.8. The predicted molar refractivity (Wildman–Crippen MR) is 106 cm³/mol. The third-order valence-electron chi connectivity index (χ3n) is 5.95. The maximum absolute atomic E-state index is 13.3. The molecule has 0 radical (unpaired) electrons. The molecular weight excluding hydrogens is 380 g/mol. The summed E-state index contributed by atoms with van der Waals surface area (Å²) in [7, 11) is 0. The van der Waals surface area contributed by atoms with Crippen LogP contribution in [0.4, 0.5) is 0 Å². The zero-order valence-corrected chi connectivity index (χ0v) is 16.9. The topological polar surface area (TPSA) is 59.1 Å². The molecule has 0 aliphatic carbocycles. The average molecular weight is 407 g/mol. The average Bonchev–Trinajstić information content (AvgIpc) is 3.02. The minimum Gasteiger partial charge on any atom is -0.484 e. The van der Waals surface area contributed by atoms with E-state index in [9.17, 15) is 9.59 Å². The Morgan fingerprint density at radius 1 is 1.11 bits per heavy atom. The number of nitrogens with zero attached hydrogens (tertiary/aromatic N) is 2. The zero-order chi connectivity index (χ0) is 19.6. The zero-order valence-electron chi connectivity index (χ0n) is 16.1. The van der Waals surface area contributed by atoms with Crippen LogP contribution in [0, 0.1) is 0 Å². The fourth-order valence-electron chi connectivity index (χ4n) is 4.33. The third-order valence-corrected chi connectivity index (χ3v) is 6.19. The lowest BCUT2D eigenvalue weighted by molar-refractivity contribution is -0.132. The highest BCUT2D eigenvalue weighted by molar-refractivity contribution is 6.31. The van der Waals surface area contributed by atoms with Gasteiger partial charge in [0, 0.05) is 31.0 Å². The number of carbonyl (C=O) groups is 2. The van der Waals surface area contributed by atoms with Gasteiger partial charge in [0.1, 0.15) is 17.9 Å². The molecular formula is C21H27ClN2O4. The molecule has 3 aliphatic heterocycles. The molecule has 0 unspecified atom stereocenters. The van der Waals surface area contributed by atoms with E-state index in [-0.39, 0.29) is 18.4 Å². The number of hydrogen-bond acceptors (Lipinski definition) is 4. The molecule has 3 heterocycles. The van der Waals surface area contributed by atoms with E-state index in [0.717, 1.165) is 38.8 Å². The minimum atomic E-state index is -0.522. The Morgan fingerprint density at radius 3 is 2.54 bits per heavy atom. The Labute approximate surface area is 170 Å². The van der Waals surface area contributed by atoms with Crippen LogP contribution in [-0.2, 0) is 9.53 Å². The number of halogens is 1. The number of rotatable bonds is 2. The van der Waals surface area contributed by atoms with Gasteiger partial charge in [-0.05, 0) is 31.0 Å². The van der Waals surface area contributed by atoms with Crippen LogP contribution in [0.15, 0.2) is 18.2 Å². The van der Waals surface area contributed by atoms with Gasteiger partial charge in [-0.2, -0.15) is 0 Å². The van der Waals surface area contributed by atoms with Crippen molar-refractivity contribution in [2.24, 2.45) is 0 Å². The third kappa shape index (κ3) is 4.13. The monoisotopic (exact) mass is 406 g/mol. The van der Waals surface area contributed by atoms with Gasteiger partial charge in [-0.3, -0.25) is 9.59 Å². The summed E-state index contributed by atoms with van der Waals surface area (Å²) in [5, 5.41) is 0.484. The van der Waals surface area contributed by atoms with Gasteiger partial charge >= 0.3 is 0 Å². The lowest BCUT2D eigenvalue weighted by Gasteiger charge is -2.39. The Kier molecular flexibility index (Phi) is 5.78. The first-order chi connectivity index (χ1) is 13.6. The molecule has 2 saturated heterocycles. The molecule has 0 bridgehead atoms. The van der Waals surface area contributed by atoms with Crippen LogP contribution in [0.25, 0.3) is 0 Å². The molecule has 3 aliphatic rings. The van der Waals surface area contributed by atoms with E-state index < -0.39 is 5.60 Å². The fraction of sp³-hybridized carbons (Fsp3) is 0.619. The van der Waals surface area contributed by atoms with Crippen molar-refractivity contribution in [3.63, 3.8) is 0 Å². The van der Waals surface area contributed by atoms with Gasteiger partial charge in [0.15, 0.2) is 0 Å². The molecule has 7 heteroatoms. The van der Waals surface area contributed by atoms with Gasteiger partial charge in [-0.25, -0.2) is 0 Å². The van der Waals surface area contributed by atoms with E-state index in [0.29, 0.717) is 48.9 Å². The van der Waals surface area contributed by atoms with Crippen LogP contribution in [0.3, 0.4) is 0 Å². The molecule has 0 N–H and O–H groups in total. The molecule has 4 rings (SSSR count). The van der Waals surface area contributed by atoms with Crippen molar-refractivity contribution in [2.45, 2.75) is 44.1 Å². The normalized spacial score (nSPS) is 22.2. The van der Waals surface area contributed by atoms with E-state index in [4.69, 9.17) is 21.1 Å². The van der Waals surface area contributed by atoms with Gasteiger partial charge in [0.05, 0.1) is 25.3 Å². The van der Waals surface area contributed by atoms with E-state index in [2.05, 4.69) is 0 Å². The molecule has 0 saturated carbocycles. The van der Waals surface area contributed by atoms with Crippen molar-refractivity contribution in [3.8, 4) is 5.75 Å². The summed E-state index contributed by atoms with van der Waals surface area (Å²) >= 11 is 6.14. The summed E-state index contributed by atoms with van der Waals surface area (Å²) in [6, 6.07) is 5.13. The molecule has 2 amide bonds. The summed E-state index contributed by atoms with van der Waals surface area (Å²) in [5.74, 6) is 0.369. The van der Waals surface area contributed by atoms with E-state index in [1.807, 2.05) is 4.90 Å². The first-order valence-electron chi connectivity index (χ1n) is 10.2. The number of ether oxygens (including phenoxy) is 2. The molecule has 6 nitrogen and oxygen atoms in total. The van der Waals surface area contributed by atoms with Crippen LogP contribution in [-0.4, -0.2) is 66.6 Å². The van der Waals surface area contributed by atoms with Gasteiger partial charge in [-0.15, -0.1) is 0 Å². The summed E-state index contributed by atoms with van der Waals surface area (Å²) in [6.07, 6.45) is 5.77. The largest absolute Gasteiger partial charge is 0.484 e. The quantitative estimate of drug-likeness (QED) is 0.757. The fourth-order valence-corrected chi connectivity index (χ4v) is 4.50. The highest BCUT2D eigenvalue weighted by Gasteiger charge is 2.42. The number of amides is 2.